The second-order valence-corrected chi connectivity index (χ2v) is 3.18. The minimum Gasteiger partial charge on any atom is -0.307 e. The van der Waals surface area contributed by atoms with E-state index in [1.54, 1.807) is 0 Å². The number of halogens is 3. The van der Waals surface area contributed by atoms with Crippen molar-refractivity contribution in [1.29, 1.82) is 0 Å². The third-order valence-electron chi connectivity index (χ3n) is 1.67. The highest BCUT2D eigenvalue weighted by Gasteiger charge is 2.02. The summed E-state index contributed by atoms with van der Waals surface area (Å²) in [6, 6.07) is 3.50. The van der Waals surface area contributed by atoms with Crippen LogP contribution in [0.25, 0.3) is 0 Å². The second kappa shape index (κ2) is 5.29. The monoisotopic (exact) mass is 249 g/mol. The predicted molar refractivity (Wildman–Crippen MR) is 51.9 cm³/mol. The van der Waals surface area contributed by atoms with Crippen LogP contribution in [0, 0.1) is 11.6 Å². The van der Waals surface area contributed by atoms with Crippen LogP contribution in [0.5, 0.6) is 0 Å². The van der Waals surface area contributed by atoms with E-state index in [0.717, 1.165) is 12.1 Å². The standard InChI is InChI=1S/C9H10BrF2N/c10-6-13-4-3-7-5-8(11)1-2-9(7)12/h1-2,5,13H,3-4,6H2. The van der Waals surface area contributed by atoms with Crippen molar-refractivity contribution in [3.05, 3.63) is 35.4 Å². The first-order valence-corrected chi connectivity index (χ1v) is 5.07. The van der Waals surface area contributed by atoms with Gasteiger partial charge in [-0.1, -0.05) is 15.9 Å². The van der Waals surface area contributed by atoms with E-state index in [4.69, 9.17) is 0 Å². The molecule has 0 atom stereocenters. The molecular formula is C9H10BrF2N. The van der Waals surface area contributed by atoms with Gasteiger partial charge in [-0.25, -0.2) is 8.78 Å². The number of benzene rings is 1. The van der Waals surface area contributed by atoms with Crippen LogP contribution in [-0.4, -0.2) is 12.0 Å². The van der Waals surface area contributed by atoms with E-state index in [9.17, 15) is 8.78 Å². The van der Waals surface area contributed by atoms with Crippen LogP contribution in [0.1, 0.15) is 5.56 Å². The number of rotatable bonds is 4. The normalized spacial score (nSPS) is 10.4. The quantitative estimate of drug-likeness (QED) is 0.491. The molecule has 72 valence electrons. The van der Waals surface area contributed by atoms with Gasteiger partial charge in [0, 0.05) is 6.54 Å². The van der Waals surface area contributed by atoms with Crippen LogP contribution in [0.4, 0.5) is 8.78 Å². The first-order valence-electron chi connectivity index (χ1n) is 3.94. The van der Waals surface area contributed by atoms with Crippen LogP contribution < -0.4 is 5.32 Å². The Morgan fingerprint density at radius 1 is 1.31 bits per heavy atom. The molecule has 0 aromatic heterocycles. The largest absolute Gasteiger partial charge is 0.307 e. The van der Waals surface area contributed by atoms with Crippen molar-refractivity contribution in [2.75, 3.05) is 12.0 Å². The molecule has 1 nitrogen and oxygen atoms in total. The molecule has 4 heteroatoms. The fourth-order valence-electron chi connectivity index (χ4n) is 1.02. The van der Waals surface area contributed by atoms with Crippen molar-refractivity contribution in [2.45, 2.75) is 6.42 Å². The van der Waals surface area contributed by atoms with Gasteiger partial charge in [-0.05, 0) is 30.2 Å². The number of hydrogen-bond acceptors (Lipinski definition) is 1. The third-order valence-corrected chi connectivity index (χ3v) is 2.07. The Labute approximate surface area is 84.3 Å². The zero-order valence-corrected chi connectivity index (χ0v) is 8.57. The Balaban J connectivity index is 2.59. The van der Waals surface area contributed by atoms with Gasteiger partial charge in [-0.3, -0.25) is 0 Å². The highest BCUT2D eigenvalue weighted by molar-refractivity contribution is 9.09. The SMILES string of the molecule is Fc1ccc(F)c(CCNCBr)c1. The van der Waals surface area contributed by atoms with Crippen molar-refractivity contribution in [1.82, 2.24) is 5.32 Å². The minimum atomic E-state index is -0.393. The predicted octanol–water partition coefficient (Wildman–Crippen LogP) is 2.45. The van der Waals surface area contributed by atoms with Crippen LogP contribution >= 0.6 is 15.9 Å². The van der Waals surface area contributed by atoms with E-state index in [2.05, 4.69) is 21.2 Å². The zero-order valence-electron chi connectivity index (χ0n) is 6.99. The zero-order chi connectivity index (χ0) is 9.68. The van der Waals surface area contributed by atoms with Gasteiger partial charge in [-0.2, -0.15) is 0 Å². The maximum Gasteiger partial charge on any atom is 0.126 e. The molecule has 0 unspecified atom stereocenters. The molecule has 0 saturated carbocycles. The van der Waals surface area contributed by atoms with E-state index < -0.39 is 5.82 Å². The van der Waals surface area contributed by atoms with E-state index in [0.29, 0.717) is 24.0 Å². The number of hydrogen-bond donors (Lipinski definition) is 1. The molecule has 0 bridgehead atoms. The van der Waals surface area contributed by atoms with E-state index in [1.807, 2.05) is 0 Å². The van der Waals surface area contributed by atoms with Crippen molar-refractivity contribution in [3.8, 4) is 0 Å². The Hall–Kier alpha value is -0.480. The molecular weight excluding hydrogens is 240 g/mol. The minimum absolute atomic E-state index is 0.349. The lowest BCUT2D eigenvalue weighted by molar-refractivity contribution is 0.581. The lowest BCUT2D eigenvalue weighted by atomic mass is 10.1. The molecule has 0 amide bonds. The topological polar surface area (TPSA) is 12.0 Å². The summed E-state index contributed by atoms with van der Waals surface area (Å²) >= 11 is 3.18. The number of alkyl halides is 1. The molecule has 0 saturated heterocycles. The lowest BCUT2D eigenvalue weighted by Crippen LogP contribution is -2.15. The molecule has 0 aliphatic rings. The average molecular weight is 250 g/mol. The lowest BCUT2D eigenvalue weighted by Gasteiger charge is -2.03. The Morgan fingerprint density at radius 2 is 2.08 bits per heavy atom. The van der Waals surface area contributed by atoms with Crippen molar-refractivity contribution in [3.63, 3.8) is 0 Å². The molecule has 1 aromatic carbocycles. The van der Waals surface area contributed by atoms with Gasteiger partial charge in [0.05, 0.1) is 5.45 Å². The summed E-state index contributed by atoms with van der Waals surface area (Å²) in [7, 11) is 0. The van der Waals surface area contributed by atoms with Crippen molar-refractivity contribution in [2.24, 2.45) is 0 Å². The molecule has 0 aliphatic heterocycles. The van der Waals surface area contributed by atoms with Crippen LogP contribution in [-0.2, 0) is 6.42 Å². The van der Waals surface area contributed by atoms with Crippen LogP contribution in [0.2, 0.25) is 0 Å². The fraction of sp³-hybridized carbons (Fsp3) is 0.333. The highest BCUT2D eigenvalue weighted by Crippen LogP contribution is 2.09. The summed E-state index contributed by atoms with van der Waals surface area (Å²) < 4.78 is 25.7. The van der Waals surface area contributed by atoms with Crippen molar-refractivity contribution >= 4 is 15.9 Å². The molecule has 0 spiro atoms. The molecule has 0 aliphatic carbocycles. The van der Waals surface area contributed by atoms with Gasteiger partial charge in [-0.15, -0.1) is 0 Å². The first-order chi connectivity index (χ1) is 6.24. The summed E-state index contributed by atoms with van der Waals surface area (Å²) in [6.45, 7) is 0.631. The smallest absolute Gasteiger partial charge is 0.126 e. The van der Waals surface area contributed by atoms with Crippen LogP contribution in [0.15, 0.2) is 18.2 Å². The highest BCUT2D eigenvalue weighted by atomic mass is 79.9. The summed E-state index contributed by atoms with van der Waals surface area (Å²) in [4.78, 5) is 0. The summed E-state index contributed by atoms with van der Waals surface area (Å²) in [6.07, 6.45) is 0.495. The maximum absolute atomic E-state index is 13.0. The summed E-state index contributed by atoms with van der Waals surface area (Å²) in [5.74, 6) is -0.743. The molecule has 1 aromatic rings. The summed E-state index contributed by atoms with van der Waals surface area (Å²) in [5, 5.41) is 2.97. The second-order valence-electron chi connectivity index (χ2n) is 2.62. The Kier molecular flexibility index (Phi) is 4.32. The molecule has 0 heterocycles. The molecule has 13 heavy (non-hydrogen) atoms. The fourth-order valence-corrected chi connectivity index (χ4v) is 1.31. The van der Waals surface area contributed by atoms with E-state index in [-0.39, 0.29) is 5.82 Å². The van der Waals surface area contributed by atoms with E-state index >= 15 is 0 Å². The van der Waals surface area contributed by atoms with Crippen LogP contribution in [0.3, 0.4) is 0 Å². The van der Waals surface area contributed by atoms with Crippen molar-refractivity contribution < 1.29 is 8.78 Å². The van der Waals surface area contributed by atoms with E-state index in [1.165, 1.54) is 6.07 Å². The number of nitrogens with one attached hydrogen (secondary N) is 1. The molecule has 1 N–H and O–H groups in total. The van der Waals surface area contributed by atoms with Gasteiger partial charge >= 0.3 is 0 Å². The average Bonchev–Trinajstić information content (AvgIpc) is 2.11. The van der Waals surface area contributed by atoms with Gasteiger partial charge in [0.1, 0.15) is 11.6 Å². The maximum atomic E-state index is 13.0. The summed E-state index contributed by atoms with van der Waals surface area (Å²) in [5.41, 5.74) is 1.07. The Morgan fingerprint density at radius 3 is 2.77 bits per heavy atom. The molecule has 0 radical (unpaired) electrons. The molecule has 0 fully saturated rings. The third kappa shape index (κ3) is 3.40. The Bertz CT molecular complexity index is 278. The van der Waals surface area contributed by atoms with Gasteiger partial charge < -0.3 is 5.32 Å². The van der Waals surface area contributed by atoms with Gasteiger partial charge in [0.2, 0.25) is 0 Å². The van der Waals surface area contributed by atoms with Gasteiger partial charge in [0.25, 0.3) is 0 Å². The first kappa shape index (κ1) is 10.6. The molecule has 1 rings (SSSR count). The van der Waals surface area contributed by atoms with Gasteiger partial charge in [0.15, 0.2) is 0 Å².